The summed E-state index contributed by atoms with van der Waals surface area (Å²) >= 11 is 0. The molecule has 2 aromatic heterocycles. The van der Waals surface area contributed by atoms with Gasteiger partial charge in [0.15, 0.2) is 5.03 Å². The maximum absolute atomic E-state index is 11.8. The van der Waals surface area contributed by atoms with Gasteiger partial charge in [0.2, 0.25) is 0 Å². The van der Waals surface area contributed by atoms with Crippen molar-refractivity contribution in [2.45, 2.75) is 5.03 Å². The largest absolute Gasteiger partial charge is 0.396 e. The molecule has 0 atom stereocenters. The quantitative estimate of drug-likeness (QED) is 0.805. The molecule has 84 valence electrons. The van der Waals surface area contributed by atoms with Crippen LogP contribution in [0.3, 0.4) is 0 Å². The van der Waals surface area contributed by atoms with Crippen LogP contribution >= 0.6 is 0 Å². The van der Waals surface area contributed by atoms with Crippen LogP contribution < -0.4 is 10.5 Å². The average molecular weight is 240 g/mol. The third-order valence-corrected chi connectivity index (χ3v) is 3.09. The fraction of sp³-hybridized carbons (Fsp3) is 0. The zero-order chi connectivity index (χ0) is 11.6. The summed E-state index contributed by atoms with van der Waals surface area (Å²) in [6.07, 6.45) is 3.74. The van der Waals surface area contributed by atoms with Crippen molar-refractivity contribution >= 4 is 21.4 Å². The first-order chi connectivity index (χ1) is 7.59. The average Bonchev–Trinajstić information content (AvgIpc) is 2.70. The Balaban J connectivity index is 2.37. The van der Waals surface area contributed by atoms with Gasteiger partial charge in [0.05, 0.1) is 11.9 Å². The van der Waals surface area contributed by atoms with Crippen LogP contribution in [0.4, 0.5) is 11.4 Å². The van der Waals surface area contributed by atoms with Crippen LogP contribution in [-0.2, 0) is 10.0 Å². The van der Waals surface area contributed by atoms with Crippen molar-refractivity contribution in [3.05, 3.63) is 30.8 Å². The van der Waals surface area contributed by atoms with Crippen molar-refractivity contribution < 1.29 is 12.9 Å². The highest BCUT2D eigenvalue weighted by Gasteiger charge is 2.19. The van der Waals surface area contributed by atoms with Gasteiger partial charge in [-0.15, -0.1) is 0 Å². The molecule has 0 radical (unpaired) electrons. The number of rotatable bonds is 3. The van der Waals surface area contributed by atoms with Gasteiger partial charge in [-0.05, 0) is 12.1 Å². The first-order valence-electron chi connectivity index (χ1n) is 4.22. The second kappa shape index (κ2) is 3.81. The van der Waals surface area contributed by atoms with Gasteiger partial charge in [-0.2, -0.15) is 8.42 Å². The van der Waals surface area contributed by atoms with E-state index in [1.54, 1.807) is 6.07 Å². The number of sulfonamides is 1. The van der Waals surface area contributed by atoms with Gasteiger partial charge < -0.3 is 10.3 Å². The molecule has 0 aliphatic heterocycles. The number of pyridine rings is 1. The van der Waals surface area contributed by atoms with E-state index in [-0.39, 0.29) is 16.4 Å². The fourth-order valence-electron chi connectivity index (χ4n) is 1.09. The molecule has 0 saturated carbocycles. The number of anilines is 2. The molecule has 16 heavy (non-hydrogen) atoms. The Hall–Kier alpha value is -2.09. The molecular formula is C8H8N4O3S. The van der Waals surface area contributed by atoms with Gasteiger partial charge in [-0.1, -0.05) is 5.16 Å². The van der Waals surface area contributed by atoms with E-state index in [1.165, 1.54) is 18.5 Å². The van der Waals surface area contributed by atoms with Crippen molar-refractivity contribution in [1.29, 1.82) is 0 Å². The molecule has 0 spiro atoms. The number of nitrogens with two attached hydrogens (primary N) is 1. The minimum Gasteiger partial charge on any atom is -0.396 e. The molecule has 7 nitrogen and oxygen atoms in total. The zero-order valence-corrected chi connectivity index (χ0v) is 8.81. The third-order valence-electron chi connectivity index (χ3n) is 1.74. The second-order valence-corrected chi connectivity index (χ2v) is 4.51. The van der Waals surface area contributed by atoms with E-state index >= 15 is 0 Å². The summed E-state index contributed by atoms with van der Waals surface area (Å²) in [5, 5.41) is 3.14. The number of nitrogens with zero attached hydrogens (tertiary/aromatic N) is 2. The molecule has 8 heteroatoms. The van der Waals surface area contributed by atoms with E-state index < -0.39 is 10.0 Å². The summed E-state index contributed by atoms with van der Waals surface area (Å²) in [5.74, 6) is 0. The molecule has 0 saturated heterocycles. The smallest absolute Gasteiger partial charge is 0.281 e. The lowest BCUT2D eigenvalue weighted by Gasteiger charge is -2.06. The summed E-state index contributed by atoms with van der Waals surface area (Å²) in [6.45, 7) is 0. The minimum atomic E-state index is -3.80. The summed E-state index contributed by atoms with van der Waals surface area (Å²) in [6, 6.07) is 3.00. The SMILES string of the molecule is Nc1cccnc1S(=O)(=O)Nc1cnoc1. The number of aromatic nitrogens is 2. The molecule has 0 aliphatic carbocycles. The molecule has 0 amide bonds. The van der Waals surface area contributed by atoms with Crippen molar-refractivity contribution in [3.8, 4) is 0 Å². The van der Waals surface area contributed by atoms with Crippen molar-refractivity contribution in [2.75, 3.05) is 10.5 Å². The minimum absolute atomic E-state index is 0.0754. The standard InChI is InChI=1S/C8H8N4O3S/c9-7-2-1-3-10-8(7)16(13,14)12-6-4-11-15-5-6/h1-5,12H,9H2. The molecule has 0 unspecified atom stereocenters. The Morgan fingerprint density at radius 1 is 1.44 bits per heavy atom. The first-order valence-corrected chi connectivity index (χ1v) is 5.70. The molecule has 2 rings (SSSR count). The van der Waals surface area contributed by atoms with Crippen LogP contribution in [0, 0.1) is 0 Å². The third kappa shape index (κ3) is 1.96. The van der Waals surface area contributed by atoms with E-state index in [9.17, 15) is 8.42 Å². The molecule has 2 aromatic rings. The maximum atomic E-state index is 11.8. The molecule has 2 heterocycles. The Morgan fingerprint density at radius 3 is 2.88 bits per heavy atom. The lowest BCUT2D eigenvalue weighted by Crippen LogP contribution is -2.15. The van der Waals surface area contributed by atoms with Crippen LogP contribution in [0.25, 0.3) is 0 Å². The highest BCUT2D eigenvalue weighted by atomic mass is 32.2. The van der Waals surface area contributed by atoms with E-state index in [1.807, 2.05) is 0 Å². The van der Waals surface area contributed by atoms with E-state index in [2.05, 4.69) is 19.4 Å². The molecule has 0 aromatic carbocycles. The zero-order valence-electron chi connectivity index (χ0n) is 7.99. The van der Waals surface area contributed by atoms with Crippen LogP contribution in [0.5, 0.6) is 0 Å². The Bertz CT molecular complexity index is 579. The first kappa shape index (κ1) is 10.4. The van der Waals surface area contributed by atoms with Gasteiger partial charge in [-0.25, -0.2) is 4.98 Å². The fourth-order valence-corrected chi connectivity index (χ4v) is 2.17. The predicted octanol–water partition coefficient (Wildman–Crippen LogP) is 0.453. The predicted molar refractivity (Wildman–Crippen MR) is 56.0 cm³/mol. The van der Waals surface area contributed by atoms with E-state index in [0.29, 0.717) is 0 Å². The molecule has 0 aliphatic rings. The van der Waals surface area contributed by atoms with Gasteiger partial charge in [0.1, 0.15) is 12.0 Å². The monoisotopic (exact) mass is 240 g/mol. The topological polar surface area (TPSA) is 111 Å². The number of hydrogen-bond donors (Lipinski definition) is 2. The number of hydrogen-bond acceptors (Lipinski definition) is 6. The van der Waals surface area contributed by atoms with Crippen molar-refractivity contribution in [3.63, 3.8) is 0 Å². The summed E-state index contributed by atoms with van der Waals surface area (Å²) < 4.78 is 30.3. The van der Waals surface area contributed by atoms with Crippen LogP contribution in [-0.4, -0.2) is 18.6 Å². The molecule has 0 fully saturated rings. The number of nitrogen functional groups attached to an aromatic ring is 1. The van der Waals surface area contributed by atoms with Gasteiger partial charge in [0, 0.05) is 6.20 Å². The van der Waals surface area contributed by atoms with Crippen molar-refractivity contribution in [1.82, 2.24) is 10.1 Å². The Labute approximate surface area is 91.3 Å². The number of nitrogens with one attached hydrogen (secondary N) is 1. The second-order valence-electron chi connectivity index (χ2n) is 2.92. The summed E-state index contributed by atoms with van der Waals surface area (Å²) in [7, 11) is -3.80. The highest BCUT2D eigenvalue weighted by Crippen LogP contribution is 2.17. The lowest BCUT2D eigenvalue weighted by molar-refractivity contribution is 0.420. The molecule has 3 N–H and O–H groups in total. The van der Waals surface area contributed by atoms with E-state index in [0.717, 1.165) is 6.26 Å². The van der Waals surface area contributed by atoms with Gasteiger partial charge in [-0.3, -0.25) is 4.72 Å². The van der Waals surface area contributed by atoms with Crippen LogP contribution in [0.2, 0.25) is 0 Å². The van der Waals surface area contributed by atoms with E-state index in [4.69, 9.17) is 5.73 Å². The molecular weight excluding hydrogens is 232 g/mol. The Morgan fingerprint density at radius 2 is 2.25 bits per heavy atom. The van der Waals surface area contributed by atoms with Gasteiger partial charge >= 0.3 is 0 Å². The van der Waals surface area contributed by atoms with Crippen LogP contribution in [0.15, 0.2) is 40.3 Å². The Kier molecular flexibility index (Phi) is 2.49. The molecule has 0 bridgehead atoms. The summed E-state index contributed by atoms with van der Waals surface area (Å²) in [5.41, 5.74) is 5.80. The van der Waals surface area contributed by atoms with Gasteiger partial charge in [0.25, 0.3) is 10.0 Å². The normalized spacial score (nSPS) is 11.2. The summed E-state index contributed by atoms with van der Waals surface area (Å²) in [4.78, 5) is 3.70. The maximum Gasteiger partial charge on any atom is 0.281 e. The van der Waals surface area contributed by atoms with Crippen molar-refractivity contribution in [2.24, 2.45) is 0 Å². The lowest BCUT2D eigenvalue weighted by atomic mass is 10.4. The highest BCUT2D eigenvalue weighted by molar-refractivity contribution is 7.92. The van der Waals surface area contributed by atoms with Crippen LogP contribution in [0.1, 0.15) is 0 Å².